The van der Waals surface area contributed by atoms with Crippen molar-refractivity contribution in [2.24, 2.45) is 5.73 Å². The van der Waals surface area contributed by atoms with E-state index < -0.39 is 6.09 Å². The molecule has 1 aliphatic carbocycles. The van der Waals surface area contributed by atoms with Gasteiger partial charge >= 0.3 is 6.09 Å². The maximum absolute atomic E-state index is 10.3. The van der Waals surface area contributed by atoms with Crippen molar-refractivity contribution in [3.8, 4) is 0 Å². The van der Waals surface area contributed by atoms with Crippen LogP contribution in [0.2, 0.25) is 0 Å². The zero-order valence-electron chi connectivity index (χ0n) is 9.34. The number of nitrogens with one attached hydrogen (secondary N) is 1. The van der Waals surface area contributed by atoms with Gasteiger partial charge in [-0.3, -0.25) is 0 Å². The summed E-state index contributed by atoms with van der Waals surface area (Å²) in [5.41, 5.74) is 4.87. The van der Waals surface area contributed by atoms with E-state index in [1.54, 1.807) is 0 Å². The van der Waals surface area contributed by atoms with Gasteiger partial charge in [0.15, 0.2) is 0 Å². The largest absolute Gasteiger partial charge is 0.448 e. The highest BCUT2D eigenvalue weighted by Crippen LogP contribution is 2.16. The van der Waals surface area contributed by atoms with Crippen LogP contribution in [0.1, 0.15) is 44.9 Å². The average molecular weight is 214 g/mol. The van der Waals surface area contributed by atoms with E-state index in [0.29, 0.717) is 19.2 Å². The molecular formula is C11H22N2O2. The summed E-state index contributed by atoms with van der Waals surface area (Å²) < 4.78 is 4.67. The molecule has 1 fully saturated rings. The predicted octanol–water partition coefficient (Wildman–Crippen LogP) is 1.78. The molecule has 0 aromatic carbocycles. The van der Waals surface area contributed by atoms with Crippen LogP contribution in [-0.4, -0.2) is 25.3 Å². The van der Waals surface area contributed by atoms with E-state index in [4.69, 9.17) is 5.73 Å². The van der Waals surface area contributed by atoms with Crippen LogP contribution in [-0.2, 0) is 4.74 Å². The van der Waals surface area contributed by atoms with Crippen LogP contribution >= 0.6 is 0 Å². The van der Waals surface area contributed by atoms with Crippen LogP contribution in [0.25, 0.3) is 0 Å². The Morgan fingerprint density at radius 3 is 2.40 bits per heavy atom. The number of primary amides is 1. The minimum atomic E-state index is -0.686. The van der Waals surface area contributed by atoms with Crippen molar-refractivity contribution in [2.75, 3.05) is 13.2 Å². The lowest BCUT2D eigenvalue weighted by Crippen LogP contribution is -2.33. The number of hydrogen-bond acceptors (Lipinski definition) is 3. The van der Waals surface area contributed by atoms with Crippen molar-refractivity contribution < 1.29 is 9.53 Å². The first-order chi connectivity index (χ1) is 7.29. The Morgan fingerprint density at radius 2 is 1.80 bits per heavy atom. The highest BCUT2D eigenvalue weighted by Gasteiger charge is 2.10. The highest BCUT2D eigenvalue weighted by molar-refractivity contribution is 5.64. The fourth-order valence-electron chi connectivity index (χ4n) is 2.07. The number of carbonyl (C=O) groups is 1. The van der Waals surface area contributed by atoms with Crippen molar-refractivity contribution in [2.45, 2.75) is 51.0 Å². The molecule has 0 bridgehead atoms. The van der Waals surface area contributed by atoms with Gasteiger partial charge in [-0.2, -0.15) is 0 Å². The van der Waals surface area contributed by atoms with E-state index in [0.717, 1.165) is 0 Å². The average Bonchev–Trinajstić information content (AvgIpc) is 2.14. The predicted molar refractivity (Wildman–Crippen MR) is 59.6 cm³/mol. The Morgan fingerprint density at radius 1 is 1.20 bits per heavy atom. The molecule has 0 aromatic heterocycles. The lowest BCUT2D eigenvalue weighted by molar-refractivity contribution is 0.155. The zero-order valence-corrected chi connectivity index (χ0v) is 9.34. The molecule has 0 saturated heterocycles. The summed E-state index contributed by atoms with van der Waals surface area (Å²) in [7, 11) is 0. The van der Waals surface area contributed by atoms with Crippen LogP contribution in [0.3, 0.4) is 0 Å². The molecule has 0 spiro atoms. The van der Waals surface area contributed by atoms with Gasteiger partial charge in [0, 0.05) is 12.6 Å². The number of carbonyl (C=O) groups excluding carboxylic acids is 1. The fraction of sp³-hybridized carbons (Fsp3) is 0.909. The number of rotatable bonds is 4. The van der Waals surface area contributed by atoms with Gasteiger partial charge in [0.25, 0.3) is 0 Å². The molecule has 4 heteroatoms. The van der Waals surface area contributed by atoms with Gasteiger partial charge in [-0.1, -0.05) is 32.1 Å². The number of hydrogen-bond donors (Lipinski definition) is 2. The second kappa shape index (κ2) is 7.51. The zero-order chi connectivity index (χ0) is 10.9. The van der Waals surface area contributed by atoms with E-state index >= 15 is 0 Å². The lowest BCUT2D eigenvalue weighted by atomic mass is 9.97. The quantitative estimate of drug-likeness (QED) is 0.701. The smallest absolute Gasteiger partial charge is 0.404 e. The molecule has 1 aliphatic rings. The molecule has 1 saturated carbocycles. The van der Waals surface area contributed by atoms with Gasteiger partial charge in [0.1, 0.15) is 6.61 Å². The Labute approximate surface area is 91.5 Å². The first-order valence-electron chi connectivity index (χ1n) is 5.94. The monoisotopic (exact) mass is 214 g/mol. The van der Waals surface area contributed by atoms with Gasteiger partial charge in [0.05, 0.1) is 0 Å². The summed E-state index contributed by atoms with van der Waals surface area (Å²) in [6.07, 6.45) is 8.54. The number of nitrogens with two attached hydrogens (primary N) is 1. The maximum atomic E-state index is 10.3. The normalized spacial score (nSPS) is 19.2. The third-order valence-corrected chi connectivity index (χ3v) is 2.88. The maximum Gasteiger partial charge on any atom is 0.404 e. The molecule has 0 radical (unpaired) electrons. The fourth-order valence-corrected chi connectivity index (χ4v) is 2.07. The van der Waals surface area contributed by atoms with Crippen LogP contribution < -0.4 is 11.1 Å². The van der Waals surface area contributed by atoms with Crippen LogP contribution in [0, 0.1) is 0 Å². The van der Waals surface area contributed by atoms with Crippen molar-refractivity contribution in [1.82, 2.24) is 5.32 Å². The molecule has 0 aromatic rings. The lowest BCUT2D eigenvalue weighted by Gasteiger charge is -2.20. The highest BCUT2D eigenvalue weighted by atomic mass is 16.5. The Kier molecular flexibility index (Phi) is 6.16. The topological polar surface area (TPSA) is 64.4 Å². The second-order valence-electron chi connectivity index (χ2n) is 4.16. The summed E-state index contributed by atoms with van der Waals surface area (Å²) in [4.78, 5) is 10.3. The molecule has 1 amide bonds. The summed E-state index contributed by atoms with van der Waals surface area (Å²) in [6.45, 7) is 1.10. The molecule has 15 heavy (non-hydrogen) atoms. The Bertz CT molecular complexity index is 177. The summed E-state index contributed by atoms with van der Waals surface area (Å²) in [5, 5.41) is 3.41. The second-order valence-corrected chi connectivity index (χ2v) is 4.16. The van der Waals surface area contributed by atoms with Crippen LogP contribution in [0.4, 0.5) is 4.79 Å². The molecule has 4 nitrogen and oxygen atoms in total. The molecule has 0 heterocycles. The standard InChI is InChI=1S/C11H22N2O2/c12-11(14)15-9-8-13-10-6-4-2-1-3-5-7-10/h10,13H,1-9H2,(H2,12,14). The van der Waals surface area contributed by atoms with Gasteiger partial charge < -0.3 is 15.8 Å². The van der Waals surface area contributed by atoms with E-state index in [2.05, 4.69) is 10.1 Å². The first kappa shape index (κ1) is 12.3. The van der Waals surface area contributed by atoms with Gasteiger partial charge in [-0.25, -0.2) is 4.79 Å². The summed E-state index contributed by atoms with van der Waals surface area (Å²) in [5.74, 6) is 0. The van der Waals surface area contributed by atoms with Crippen LogP contribution in [0.15, 0.2) is 0 Å². The molecule has 88 valence electrons. The van der Waals surface area contributed by atoms with E-state index in [9.17, 15) is 4.79 Å². The molecule has 0 atom stereocenters. The molecular weight excluding hydrogens is 192 g/mol. The van der Waals surface area contributed by atoms with Crippen molar-refractivity contribution in [1.29, 1.82) is 0 Å². The van der Waals surface area contributed by atoms with Gasteiger partial charge in [0.2, 0.25) is 0 Å². The van der Waals surface area contributed by atoms with Gasteiger partial charge in [-0.05, 0) is 12.8 Å². The summed E-state index contributed by atoms with van der Waals surface area (Å²) >= 11 is 0. The minimum Gasteiger partial charge on any atom is -0.448 e. The first-order valence-corrected chi connectivity index (χ1v) is 5.94. The molecule has 3 N–H and O–H groups in total. The van der Waals surface area contributed by atoms with Crippen molar-refractivity contribution in [3.05, 3.63) is 0 Å². The van der Waals surface area contributed by atoms with Crippen LogP contribution in [0.5, 0.6) is 0 Å². The van der Waals surface area contributed by atoms with Crippen molar-refractivity contribution in [3.63, 3.8) is 0 Å². The minimum absolute atomic E-state index is 0.381. The third-order valence-electron chi connectivity index (χ3n) is 2.88. The Hall–Kier alpha value is -0.770. The number of ether oxygens (including phenoxy) is 1. The molecule has 0 aliphatic heterocycles. The summed E-state index contributed by atoms with van der Waals surface area (Å²) in [6, 6.07) is 0.599. The molecule has 0 unspecified atom stereocenters. The van der Waals surface area contributed by atoms with Crippen molar-refractivity contribution >= 4 is 6.09 Å². The third kappa shape index (κ3) is 6.33. The Balaban J connectivity index is 2.04. The van der Waals surface area contributed by atoms with E-state index in [1.165, 1.54) is 44.9 Å². The number of amides is 1. The SMILES string of the molecule is NC(=O)OCCNC1CCCCCCC1. The molecule has 1 rings (SSSR count). The van der Waals surface area contributed by atoms with E-state index in [-0.39, 0.29) is 0 Å². The van der Waals surface area contributed by atoms with Gasteiger partial charge in [-0.15, -0.1) is 0 Å². The van der Waals surface area contributed by atoms with E-state index in [1.807, 2.05) is 0 Å².